The van der Waals surface area contributed by atoms with Gasteiger partial charge >= 0.3 is 12.1 Å². The van der Waals surface area contributed by atoms with E-state index in [0.717, 1.165) is 24.3 Å². The minimum absolute atomic E-state index is 0.0934. The maximum atomic E-state index is 13.0. The fraction of sp³-hybridized carbons (Fsp3) is 0.188. The van der Waals surface area contributed by atoms with E-state index in [1.165, 1.54) is 12.1 Å². The van der Waals surface area contributed by atoms with Crippen LogP contribution in [0, 0.1) is 6.92 Å². The molecule has 0 heterocycles. The molecule has 0 aliphatic heterocycles. The van der Waals surface area contributed by atoms with Crippen LogP contribution in [0.25, 0.3) is 11.1 Å². The number of carbonyl (C=O) groups is 1. The molecule has 26 heavy (non-hydrogen) atoms. The largest absolute Gasteiger partial charge is 0.481 e. The summed E-state index contributed by atoms with van der Waals surface area (Å²) >= 11 is 0. The van der Waals surface area contributed by atoms with Crippen molar-refractivity contribution in [3.05, 3.63) is 47.5 Å². The molecule has 0 radical (unpaired) electrons. The summed E-state index contributed by atoms with van der Waals surface area (Å²) in [6.07, 6.45) is -4.65. The number of hydrogen-bond donors (Lipinski definition) is 2. The number of nitrogens with two attached hydrogens (primary N) is 1. The van der Waals surface area contributed by atoms with Gasteiger partial charge in [-0.2, -0.15) is 13.2 Å². The second kappa shape index (κ2) is 6.96. The van der Waals surface area contributed by atoms with Gasteiger partial charge in [-0.05, 0) is 48.4 Å². The second-order valence-electron chi connectivity index (χ2n) is 5.41. The Hall–Kier alpha value is -2.59. The van der Waals surface area contributed by atoms with Gasteiger partial charge in [-0.15, -0.1) is 0 Å². The van der Waals surface area contributed by atoms with Gasteiger partial charge < -0.3 is 9.84 Å². The summed E-state index contributed by atoms with van der Waals surface area (Å²) in [7, 11) is -4.08. The van der Waals surface area contributed by atoms with Gasteiger partial charge in [-0.25, -0.2) is 18.4 Å². The molecule has 6 nitrogen and oxygen atoms in total. The maximum Gasteiger partial charge on any atom is 0.416 e. The maximum absolute atomic E-state index is 13.0. The van der Waals surface area contributed by atoms with Gasteiger partial charge in [-0.3, -0.25) is 0 Å². The number of benzene rings is 2. The van der Waals surface area contributed by atoms with E-state index in [-0.39, 0.29) is 21.8 Å². The van der Waals surface area contributed by atoms with Crippen LogP contribution >= 0.6 is 0 Å². The summed E-state index contributed by atoms with van der Waals surface area (Å²) in [5, 5.41) is 13.8. The summed E-state index contributed by atoms with van der Waals surface area (Å²) in [6, 6.07) is 6.24. The lowest BCUT2D eigenvalue weighted by Gasteiger charge is -2.16. The van der Waals surface area contributed by atoms with Gasteiger partial charge in [0.1, 0.15) is 5.75 Å². The topological polar surface area (TPSA) is 107 Å². The predicted molar refractivity (Wildman–Crippen MR) is 86.1 cm³/mol. The van der Waals surface area contributed by atoms with Crippen LogP contribution in [0.5, 0.6) is 5.75 Å². The third kappa shape index (κ3) is 4.52. The zero-order chi connectivity index (χ0) is 19.7. The molecule has 0 amide bonds. The van der Waals surface area contributed by atoms with Crippen LogP contribution in [0.1, 0.15) is 11.1 Å². The van der Waals surface area contributed by atoms with Crippen molar-refractivity contribution in [1.29, 1.82) is 0 Å². The molecule has 10 heteroatoms. The Kier molecular flexibility index (Phi) is 5.28. The van der Waals surface area contributed by atoms with Crippen molar-refractivity contribution in [3.8, 4) is 16.9 Å². The average molecular weight is 389 g/mol. The van der Waals surface area contributed by atoms with Crippen LogP contribution in [-0.4, -0.2) is 26.1 Å². The number of primary sulfonamides is 1. The average Bonchev–Trinajstić information content (AvgIpc) is 2.51. The molecule has 0 aromatic heterocycles. The number of alkyl halides is 3. The molecule has 0 fully saturated rings. The number of carboxylic acids is 1. The van der Waals surface area contributed by atoms with Gasteiger partial charge in [0.05, 0.1) is 10.5 Å². The van der Waals surface area contributed by atoms with E-state index in [1.54, 1.807) is 6.92 Å². The fourth-order valence-corrected chi connectivity index (χ4v) is 2.79. The highest BCUT2D eigenvalue weighted by Crippen LogP contribution is 2.39. The Morgan fingerprint density at radius 3 is 2.35 bits per heavy atom. The number of aliphatic carboxylic acids is 1. The zero-order valence-electron chi connectivity index (χ0n) is 13.4. The number of hydrogen-bond acceptors (Lipinski definition) is 4. The van der Waals surface area contributed by atoms with Crippen LogP contribution in [0.2, 0.25) is 0 Å². The molecule has 0 saturated heterocycles. The number of halogens is 3. The summed E-state index contributed by atoms with van der Waals surface area (Å²) < 4.78 is 67.3. The van der Waals surface area contributed by atoms with E-state index >= 15 is 0 Å². The minimum Gasteiger partial charge on any atom is -0.481 e. The first-order valence-corrected chi connectivity index (χ1v) is 8.64. The monoisotopic (exact) mass is 389 g/mol. The predicted octanol–water partition coefficient (Wildman–Crippen LogP) is 2.79. The Balaban J connectivity index is 2.70. The summed E-state index contributed by atoms with van der Waals surface area (Å²) in [5.41, 5.74) is -0.500. The summed E-state index contributed by atoms with van der Waals surface area (Å²) in [4.78, 5) is 10.4. The van der Waals surface area contributed by atoms with Crippen molar-refractivity contribution in [1.82, 2.24) is 0 Å². The van der Waals surface area contributed by atoms with Crippen LogP contribution in [0.4, 0.5) is 13.2 Å². The molecule has 140 valence electrons. The highest BCUT2D eigenvalue weighted by Gasteiger charge is 2.31. The van der Waals surface area contributed by atoms with Crippen molar-refractivity contribution in [3.63, 3.8) is 0 Å². The van der Waals surface area contributed by atoms with E-state index in [1.807, 2.05) is 0 Å². The molecule has 3 N–H and O–H groups in total. The molecule has 0 aliphatic carbocycles. The summed E-state index contributed by atoms with van der Waals surface area (Å²) in [6.45, 7) is 0.787. The highest BCUT2D eigenvalue weighted by molar-refractivity contribution is 7.89. The molecule has 0 saturated carbocycles. The van der Waals surface area contributed by atoms with E-state index in [9.17, 15) is 26.4 Å². The van der Waals surface area contributed by atoms with Crippen LogP contribution in [-0.2, 0) is 21.0 Å². The molecule has 2 aromatic rings. The fourth-order valence-electron chi connectivity index (χ4n) is 2.25. The Morgan fingerprint density at radius 1 is 1.15 bits per heavy atom. The Bertz CT molecular complexity index is 955. The van der Waals surface area contributed by atoms with Gasteiger partial charge in [0.15, 0.2) is 6.61 Å². The zero-order valence-corrected chi connectivity index (χ0v) is 14.2. The third-order valence-corrected chi connectivity index (χ3v) is 4.40. The SMILES string of the molecule is Cc1ccc(S(N)(=O)=O)cc1-c1cc(C(F)(F)F)ccc1OCC(=O)O. The lowest BCUT2D eigenvalue weighted by Crippen LogP contribution is -2.13. The van der Waals surface area contributed by atoms with Crippen molar-refractivity contribution in [2.24, 2.45) is 5.14 Å². The smallest absolute Gasteiger partial charge is 0.416 e. The van der Waals surface area contributed by atoms with Crippen LogP contribution in [0.3, 0.4) is 0 Å². The first-order valence-electron chi connectivity index (χ1n) is 7.09. The Morgan fingerprint density at radius 2 is 1.81 bits per heavy atom. The van der Waals surface area contributed by atoms with Crippen molar-refractivity contribution in [2.45, 2.75) is 18.0 Å². The van der Waals surface area contributed by atoms with Crippen LogP contribution < -0.4 is 9.88 Å². The second-order valence-corrected chi connectivity index (χ2v) is 6.97. The molecule has 0 unspecified atom stereocenters. The standard InChI is InChI=1S/C16H14F3NO5S/c1-9-2-4-11(26(20,23)24)7-12(9)13-6-10(16(17,18)19)3-5-14(13)25-8-15(21)22/h2-7H,8H2,1H3,(H,21,22)(H2,20,23,24). The van der Waals surface area contributed by atoms with E-state index in [0.29, 0.717) is 5.56 Å². The molecule has 2 aromatic carbocycles. The lowest BCUT2D eigenvalue weighted by molar-refractivity contribution is -0.140. The van der Waals surface area contributed by atoms with Crippen molar-refractivity contribution < 1.29 is 36.2 Å². The van der Waals surface area contributed by atoms with E-state index < -0.39 is 34.3 Å². The lowest BCUT2D eigenvalue weighted by atomic mass is 9.97. The number of carboxylic acid groups (broad SMARTS) is 1. The number of rotatable bonds is 5. The molecule has 0 aliphatic rings. The van der Waals surface area contributed by atoms with Crippen molar-refractivity contribution in [2.75, 3.05) is 6.61 Å². The molecule has 0 atom stereocenters. The number of sulfonamides is 1. The normalized spacial score (nSPS) is 12.0. The Labute approximate surface area is 147 Å². The van der Waals surface area contributed by atoms with Gasteiger partial charge in [-0.1, -0.05) is 6.07 Å². The molecule has 0 bridgehead atoms. The number of aryl methyl sites for hydroxylation is 1. The first-order chi connectivity index (χ1) is 11.9. The van der Waals surface area contributed by atoms with Gasteiger partial charge in [0, 0.05) is 5.56 Å². The number of ether oxygens (including phenoxy) is 1. The van der Waals surface area contributed by atoms with Gasteiger partial charge in [0.2, 0.25) is 10.0 Å². The van der Waals surface area contributed by atoms with Crippen molar-refractivity contribution >= 4 is 16.0 Å². The molecular weight excluding hydrogens is 375 g/mol. The van der Waals surface area contributed by atoms with E-state index in [4.69, 9.17) is 15.0 Å². The highest BCUT2D eigenvalue weighted by atomic mass is 32.2. The quantitative estimate of drug-likeness (QED) is 0.818. The molecule has 2 rings (SSSR count). The first kappa shape index (κ1) is 19.7. The van der Waals surface area contributed by atoms with Crippen LogP contribution in [0.15, 0.2) is 41.3 Å². The van der Waals surface area contributed by atoms with Gasteiger partial charge in [0.25, 0.3) is 0 Å². The molecular formula is C16H14F3NO5S. The molecule has 0 spiro atoms. The summed E-state index contributed by atoms with van der Waals surface area (Å²) in [5.74, 6) is -1.44. The van der Waals surface area contributed by atoms with E-state index in [2.05, 4.69) is 0 Å². The minimum atomic E-state index is -4.65. The third-order valence-electron chi connectivity index (χ3n) is 3.49.